The van der Waals surface area contributed by atoms with Gasteiger partial charge in [-0.2, -0.15) is 0 Å². The van der Waals surface area contributed by atoms with E-state index in [1.54, 1.807) is 44.6 Å². The van der Waals surface area contributed by atoms with Gasteiger partial charge >= 0.3 is 0 Å². The van der Waals surface area contributed by atoms with Gasteiger partial charge in [-0.3, -0.25) is 14.6 Å². The molecule has 1 aliphatic rings. The fourth-order valence-electron chi connectivity index (χ4n) is 3.35. The highest BCUT2D eigenvalue weighted by atomic mass is 16.5. The monoisotopic (exact) mass is 397 g/mol. The summed E-state index contributed by atoms with van der Waals surface area (Å²) in [5.41, 5.74) is 1.49. The second kappa shape index (κ2) is 9.91. The van der Waals surface area contributed by atoms with E-state index in [0.717, 1.165) is 31.2 Å². The predicted molar refractivity (Wildman–Crippen MR) is 110 cm³/mol. The maximum atomic E-state index is 12.5. The molecule has 1 aromatic carbocycles. The highest BCUT2D eigenvalue weighted by Gasteiger charge is 2.25. The van der Waals surface area contributed by atoms with Crippen LogP contribution in [0.5, 0.6) is 11.5 Å². The Morgan fingerprint density at radius 1 is 1.21 bits per heavy atom. The van der Waals surface area contributed by atoms with Crippen LogP contribution >= 0.6 is 0 Å². The molecular weight excluding hydrogens is 370 g/mol. The minimum absolute atomic E-state index is 0.0266. The molecule has 1 unspecified atom stereocenters. The quantitative estimate of drug-likeness (QED) is 0.713. The van der Waals surface area contributed by atoms with Crippen molar-refractivity contribution in [3.05, 3.63) is 48.3 Å². The van der Waals surface area contributed by atoms with E-state index in [-0.39, 0.29) is 17.7 Å². The molecule has 2 amide bonds. The van der Waals surface area contributed by atoms with E-state index >= 15 is 0 Å². The third kappa shape index (κ3) is 5.70. The summed E-state index contributed by atoms with van der Waals surface area (Å²) < 4.78 is 11.2. The molecular formula is C22H27N3O4. The van der Waals surface area contributed by atoms with Gasteiger partial charge in [0.25, 0.3) is 0 Å². The molecule has 0 bridgehead atoms. The molecule has 1 saturated carbocycles. The van der Waals surface area contributed by atoms with Crippen molar-refractivity contribution >= 4 is 17.5 Å². The first-order valence-corrected chi connectivity index (χ1v) is 9.88. The Kier molecular flexibility index (Phi) is 7.05. The highest BCUT2D eigenvalue weighted by molar-refractivity contribution is 5.97. The first kappa shape index (κ1) is 20.6. The number of amides is 2. The zero-order valence-corrected chi connectivity index (χ0v) is 16.8. The zero-order valence-electron chi connectivity index (χ0n) is 16.8. The third-order valence-corrected chi connectivity index (χ3v) is 5.03. The Labute approximate surface area is 170 Å². The molecule has 3 rings (SSSR count). The molecule has 0 spiro atoms. The molecule has 1 heterocycles. The van der Waals surface area contributed by atoms with Crippen molar-refractivity contribution in [2.75, 3.05) is 12.4 Å². The van der Waals surface area contributed by atoms with Crippen molar-refractivity contribution in [2.45, 2.75) is 45.3 Å². The largest absolute Gasteiger partial charge is 0.493 e. The normalized spacial score (nSPS) is 14.8. The van der Waals surface area contributed by atoms with E-state index < -0.39 is 6.04 Å². The number of aromatic nitrogens is 1. The molecule has 0 radical (unpaired) electrons. The van der Waals surface area contributed by atoms with Crippen LogP contribution in [-0.2, 0) is 16.2 Å². The summed E-state index contributed by atoms with van der Waals surface area (Å²) in [5, 5.41) is 5.64. The number of pyridine rings is 1. The fraction of sp³-hybridized carbons (Fsp3) is 0.409. The molecule has 2 N–H and O–H groups in total. The molecule has 1 fully saturated rings. The second-order valence-electron chi connectivity index (χ2n) is 7.22. The molecule has 1 aliphatic carbocycles. The van der Waals surface area contributed by atoms with Gasteiger partial charge in [0.1, 0.15) is 12.6 Å². The van der Waals surface area contributed by atoms with Crippen LogP contribution in [0.2, 0.25) is 0 Å². The summed E-state index contributed by atoms with van der Waals surface area (Å²) in [6.07, 6.45) is 7.38. The number of rotatable bonds is 8. The smallest absolute Gasteiger partial charge is 0.246 e. The van der Waals surface area contributed by atoms with Gasteiger partial charge in [-0.15, -0.1) is 0 Å². The summed E-state index contributed by atoms with van der Waals surface area (Å²) in [6, 6.07) is 8.31. The molecule has 7 nitrogen and oxygen atoms in total. The number of nitrogens with zero attached hydrogens (tertiary/aromatic N) is 1. The Bertz CT molecular complexity index is 835. The van der Waals surface area contributed by atoms with E-state index in [0.29, 0.717) is 23.8 Å². The topological polar surface area (TPSA) is 89.6 Å². The minimum atomic E-state index is -0.620. The summed E-state index contributed by atoms with van der Waals surface area (Å²) in [5.74, 6) is 0.782. The van der Waals surface area contributed by atoms with Crippen molar-refractivity contribution < 1.29 is 19.1 Å². The number of ether oxygens (including phenoxy) is 2. The fourth-order valence-corrected chi connectivity index (χ4v) is 3.35. The van der Waals surface area contributed by atoms with Gasteiger partial charge in [0.15, 0.2) is 11.5 Å². The van der Waals surface area contributed by atoms with Gasteiger partial charge in [0.05, 0.1) is 7.11 Å². The van der Waals surface area contributed by atoms with E-state index in [9.17, 15) is 9.59 Å². The first-order chi connectivity index (χ1) is 14.1. The molecule has 2 aromatic rings. The van der Waals surface area contributed by atoms with E-state index in [1.807, 2.05) is 12.1 Å². The van der Waals surface area contributed by atoms with Crippen molar-refractivity contribution in [3.8, 4) is 11.5 Å². The van der Waals surface area contributed by atoms with Crippen LogP contribution in [0, 0.1) is 5.92 Å². The SMILES string of the molecule is COc1ccc(NC(=O)C(C)NC(=O)C2CCCC2)cc1OCc1cccnc1. The Morgan fingerprint density at radius 3 is 2.69 bits per heavy atom. The van der Waals surface area contributed by atoms with Gasteiger partial charge < -0.3 is 20.1 Å². The van der Waals surface area contributed by atoms with Crippen LogP contribution in [0.4, 0.5) is 5.69 Å². The standard InChI is InChI=1S/C22H27N3O4/c1-15(24-22(27)17-7-3-4-8-17)21(26)25-18-9-10-19(28-2)20(12-18)29-14-16-6-5-11-23-13-16/h5-6,9-13,15,17H,3-4,7-8,14H2,1-2H3,(H,24,27)(H,25,26). The van der Waals surface area contributed by atoms with Crippen molar-refractivity contribution in [1.29, 1.82) is 0 Å². The third-order valence-electron chi connectivity index (χ3n) is 5.03. The summed E-state index contributed by atoms with van der Waals surface area (Å²) in [7, 11) is 1.56. The lowest BCUT2D eigenvalue weighted by atomic mass is 10.1. The van der Waals surface area contributed by atoms with Gasteiger partial charge in [-0.05, 0) is 38.0 Å². The molecule has 1 atom stereocenters. The average molecular weight is 397 g/mol. The predicted octanol–water partition coefficient (Wildman–Crippen LogP) is 3.30. The maximum absolute atomic E-state index is 12.5. The number of anilines is 1. The number of hydrogen-bond acceptors (Lipinski definition) is 5. The van der Waals surface area contributed by atoms with Crippen molar-refractivity contribution in [3.63, 3.8) is 0 Å². The van der Waals surface area contributed by atoms with Gasteiger partial charge in [0.2, 0.25) is 11.8 Å². The number of hydrogen-bond donors (Lipinski definition) is 2. The summed E-state index contributed by atoms with van der Waals surface area (Å²) >= 11 is 0. The molecule has 7 heteroatoms. The molecule has 29 heavy (non-hydrogen) atoms. The summed E-state index contributed by atoms with van der Waals surface area (Å²) in [4.78, 5) is 28.8. The average Bonchev–Trinajstić information content (AvgIpc) is 3.28. The molecule has 154 valence electrons. The lowest BCUT2D eigenvalue weighted by Crippen LogP contribution is -2.43. The van der Waals surface area contributed by atoms with E-state index in [1.165, 1.54) is 0 Å². The van der Waals surface area contributed by atoms with Crippen LogP contribution < -0.4 is 20.1 Å². The van der Waals surface area contributed by atoms with Crippen LogP contribution in [0.1, 0.15) is 38.2 Å². The number of carbonyl (C=O) groups excluding carboxylic acids is 2. The number of methoxy groups -OCH3 is 1. The van der Waals surface area contributed by atoms with Crippen LogP contribution in [0.15, 0.2) is 42.7 Å². The van der Waals surface area contributed by atoms with Gasteiger partial charge in [0, 0.05) is 35.6 Å². The molecule has 1 aromatic heterocycles. The number of carbonyl (C=O) groups is 2. The molecule has 0 aliphatic heterocycles. The van der Waals surface area contributed by atoms with E-state index in [2.05, 4.69) is 15.6 Å². The zero-order chi connectivity index (χ0) is 20.6. The van der Waals surface area contributed by atoms with Crippen LogP contribution in [0.25, 0.3) is 0 Å². The van der Waals surface area contributed by atoms with E-state index in [4.69, 9.17) is 9.47 Å². The second-order valence-corrected chi connectivity index (χ2v) is 7.22. The lowest BCUT2D eigenvalue weighted by molar-refractivity contribution is -0.128. The highest BCUT2D eigenvalue weighted by Crippen LogP contribution is 2.31. The van der Waals surface area contributed by atoms with Gasteiger partial charge in [-0.25, -0.2) is 0 Å². The summed E-state index contributed by atoms with van der Waals surface area (Å²) in [6.45, 7) is 2.01. The number of benzene rings is 1. The van der Waals surface area contributed by atoms with Crippen molar-refractivity contribution in [1.82, 2.24) is 10.3 Å². The molecule has 0 saturated heterocycles. The van der Waals surface area contributed by atoms with Crippen molar-refractivity contribution in [2.24, 2.45) is 5.92 Å². The first-order valence-electron chi connectivity index (χ1n) is 9.88. The van der Waals surface area contributed by atoms with Crippen LogP contribution in [-0.4, -0.2) is 29.9 Å². The van der Waals surface area contributed by atoms with Gasteiger partial charge in [-0.1, -0.05) is 18.9 Å². The lowest BCUT2D eigenvalue weighted by Gasteiger charge is -2.17. The Balaban J connectivity index is 1.60. The van der Waals surface area contributed by atoms with Crippen LogP contribution in [0.3, 0.4) is 0 Å². The maximum Gasteiger partial charge on any atom is 0.246 e. The Hall–Kier alpha value is -3.09. The number of nitrogens with one attached hydrogen (secondary N) is 2. The Morgan fingerprint density at radius 2 is 2.00 bits per heavy atom. The minimum Gasteiger partial charge on any atom is -0.493 e.